The number of thiazole rings is 1. The zero-order chi connectivity index (χ0) is 16.4. The molecule has 0 radical (unpaired) electrons. The van der Waals surface area contributed by atoms with Crippen LogP contribution in [0.25, 0.3) is 10.6 Å². The van der Waals surface area contributed by atoms with Gasteiger partial charge in [0.2, 0.25) is 0 Å². The molecule has 2 aromatic rings. The Morgan fingerprint density at radius 3 is 2.87 bits per heavy atom. The van der Waals surface area contributed by atoms with E-state index in [1.54, 1.807) is 12.1 Å². The van der Waals surface area contributed by atoms with Crippen LogP contribution in [0.5, 0.6) is 0 Å². The fourth-order valence-corrected chi connectivity index (χ4v) is 3.66. The molecule has 120 valence electrons. The second-order valence-electron chi connectivity index (χ2n) is 5.72. The van der Waals surface area contributed by atoms with Gasteiger partial charge in [0.25, 0.3) is 5.91 Å². The molecule has 2 heterocycles. The molecule has 5 nitrogen and oxygen atoms in total. The molecule has 1 saturated heterocycles. The summed E-state index contributed by atoms with van der Waals surface area (Å²) in [5.41, 5.74) is 2.35. The molecule has 1 atom stereocenters. The van der Waals surface area contributed by atoms with Gasteiger partial charge in [-0.3, -0.25) is 4.79 Å². The molecule has 1 aromatic heterocycles. The Labute approximate surface area is 138 Å². The maximum Gasteiger partial charge on any atom is 0.326 e. The molecule has 0 saturated carbocycles. The Hall–Kier alpha value is -2.21. The highest BCUT2D eigenvalue weighted by molar-refractivity contribution is 7.13. The van der Waals surface area contributed by atoms with E-state index in [4.69, 9.17) is 0 Å². The van der Waals surface area contributed by atoms with E-state index in [-0.39, 0.29) is 5.91 Å². The molecule has 6 heteroatoms. The summed E-state index contributed by atoms with van der Waals surface area (Å²) in [6.07, 6.45) is 2.21. The number of aliphatic carboxylic acids is 1. The van der Waals surface area contributed by atoms with E-state index in [0.717, 1.165) is 29.1 Å². The highest BCUT2D eigenvalue weighted by Crippen LogP contribution is 2.26. The topological polar surface area (TPSA) is 70.5 Å². The number of carboxylic acid groups (broad SMARTS) is 1. The lowest BCUT2D eigenvalue weighted by Crippen LogP contribution is -2.47. The molecule has 1 aliphatic rings. The molecule has 0 unspecified atom stereocenters. The molecule has 0 aliphatic carbocycles. The lowest BCUT2D eigenvalue weighted by atomic mass is 10.0. The summed E-state index contributed by atoms with van der Waals surface area (Å²) in [7, 11) is 0. The Morgan fingerprint density at radius 2 is 2.17 bits per heavy atom. The van der Waals surface area contributed by atoms with Crippen molar-refractivity contribution < 1.29 is 14.7 Å². The van der Waals surface area contributed by atoms with Crippen LogP contribution in [-0.4, -0.2) is 39.5 Å². The fourth-order valence-electron chi connectivity index (χ4n) is 2.87. The molecule has 0 spiro atoms. The number of aromatic nitrogens is 1. The number of hydrogen-bond acceptors (Lipinski definition) is 4. The molecular weight excluding hydrogens is 312 g/mol. The third-order valence-electron chi connectivity index (χ3n) is 4.02. The van der Waals surface area contributed by atoms with E-state index < -0.39 is 12.0 Å². The van der Waals surface area contributed by atoms with Crippen LogP contribution in [0.3, 0.4) is 0 Å². The molecule has 1 N–H and O–H groups in total. The first-order valence-electron chi connectivity index (χ1n) is 7.62. The van der Waals surface area contributed by atoms with E-state index in [1.165, 1.54) is 16.2 Å². The molecule has 1 fully saturated rings. The summed E-state index contributed by atoms with van der Waals surface area (Å²) in [5.74, 6) is -1.14. The SMILES string of the molecule is Cc1csc(-c2cccc(C(=O)N3CCCC[C@H]3C(=O)O)c2)n1. The summed E-state index contributed by atoms with van der Waals surface area (Å²) in [5, 5.41) is 12.2. The minimum Gasteiger partial charge on any atom is -0.480 e. The predicted octanol–water partition coefficient (Wildman–Crippen LogP) is 3.20. The van der Waals surface area contributed by atoms with E-state index >= 15 is 0 Å². The number of carbonyl (C=O) groups excluding carboxylic acids is 1. The van der Waals surface area contributed by atoms with Gasteiger partial charge in [-0.1, -0.05) is 12.1 Å². The van der Waals surface area contributed by atoms with Gasteiger partial charge in [-0.05, 0) is 38.3 Å². The Kier molecular flexibility index (Phi) is 4.43. The molecule has 0 bridgehead atoms. The van der Waals surface area contributed by atoms with Gasteiger partial charge in [0.15, 0.2) is 0 Å². The largest absolute Gasteiger partial charge is 0.480 e. The number of likely N-dealkylation sites (tertiary alicyclic amines) is 1. The molecule has 1 aliphatic heterocycles. The third-order valence-corrected chi connectivity index (χ3v) is 5.03. The lowest BCUT2D eigenvalue weighted by Gasteiger charge is -2.33. The number of aryl methyl sites for hydroxylation is 1. The van der Waals surface area contributed by atoms with Crippen molar-refractivity contribution in [3.05, 3.63) is 40.9 Å². The Bertz CT molecular complexity index is 741. The average Bonchev–Trinajstić information content (AvgIpc) is 3.01. The zero-order valence-electron chi connectivity index (χ0n) is 12.9. The van der Waals surface area contributed by atoms with Crippen molar-refractivity contribution in [2.75, 3.05) is 6.54 Å². The van der Waals surface area contributed by atoms with Gasteiger partial charge in [-0.25, -0.2) is 9.78 Å². The summed E-state index contributed by atoms with van der Waals surface area (Å²) < 4.78 is 0. The van der Waals surface area contributed by atoms with Gasteiger partial charge in [0.1, 0.15) is 11.0 Å². The molecule has 3 rings (SSSR count). The van der Waals surface area contributed by atoms with Gasteiger partial charge in [0, 0.05) is 28.7 Å². The van der Waals surface area contributed by atoms with Crippen LogP contribution in [0.1, 0.15) is 35.3 Å². The first kappa shape index (κ1) is 15.7. The monoisotopic (exact) mass is 330 g/mol. The highest BCUT2D eigenvalue weighted by Gasteiger charge is 2.32. The third kappa shape index (κ3) is 3.27. The fraction of sp³-hybridized carbons (Fsp3) is 0.353. The first-order chi connectivity index (χ1) is 11.1. The van der Waals surface area contributed by atoms with Crippen molar-refractivity contribution >= 4 is 23.2 Å². The lowest BCUT2D eigenvalue weighted by molar-refractivity contribution is -0.143. The van der Waals surface area contributed by atoms with Crippen LogP contribution in [0.15, 0.2) is 29.6 Å². The van der Waals surface area contributed by atoms with Crippen molar-refractivity contribution in [2.45, 2.75) is 32.2 Å². The van der Waals surface area contributed by atoms with E-state index in [0.29, 0.717) is 18.5 Å². The minimum absolute atomic E-state index is 0.216. The number of nitrogens with zero attached hydrogens (tertiary/aromatic N) is 2. The van der Waals surface area contributed by atoms with Crippen LogP contribution in [0.4, 0.5) is 0 Å². The van der Waals surface area contributed by atoms with Crippen LogP contribution < -0.4 is 0 Å². The Balaban J connectivity index is 1.88. The van der Waals surface area contributed by atoms with Crippen molar-refractivity contribution in [3.63, 3.8) is 0 Å². The molecule has 1 aromatic carbocycles. The quantitative estimate of drug-likeness (QED) is 0.938. The van der Waals surface area contributed by atoms with Crippen LogP contribution in [-0.2, 0) is 4.79 Å². The summed E-state index contributed by atoms with van der Waals surface area (Å²) >= 11 is 1.53. The standard InChI is InChI=1S/C17H18N2O3S/c1-11-10-23-15(18-11)12-5-4-6-13(9-12)16(20)19-8-3-2-7-14(19)17(21)22/h4-6,9-10,14H,2-3,7-8H2,1H3,(H,21,22)/t14-/m0/s1. The number of rotatable bonds is 3. The maximum absolute atomic E-state index is 12.7. The number of piperidine rings is 1. The molecule has 23 heavy (non-hydrogen) atoms. The second-order valence-corrected chi connectivity index (χ2v) is 6.58. The van der Waals surface area contributed by atoms with E-state index in [1.807, 2.05) is 24.4 Å². The molecular formula is C17H18N2O3S. The first-order valence-corrected chi connectivity index (χ1v) is 8.50. The Morgan fingerprint density at radius 1 is 1.35 bits per heavy atom. The van der Waals surface area contributed by atoms with Crippen LogP contribution in [0, 0.1) is 6.92 Å². The van der Waals surface area contributed by atoms with E-state index in [2.05, 4.69) is 4.98 Å². The highest BCUT2D eigenvalue weighted by atomic mass is 32.1. The van der Waals surface area contributed by atoms with Crippen molar-refractivity contribution in [1.29, 1.82) is 0 Å². The summed E-state index contributed by atoms with van der Waals surface area (Å²) in [6.45, 7) is 2.43. The van der Waals surface area contributed by atoms with Crippen LogP contribution in [0.2, 0.25) is 0 Å². The number of benzene rings is 1. The van der Waals surface area contributed by atoms with Gasteiger partial charge >= 0.3 is 5.97 Å². The predicted molar refractivity (Wildman–Crippen MR) is 88.6 cm³/mol. The number of amides is 1. The van der Waals surface area contributed by atoms with Gasteiger partial charge in [0.05, 0.1) is 0 Å². The smallest absolute Gasteiger partial charge is 0.326 e. The minimum atomic E-state index is -0.926. The van der Waals surface area contributed by atoms with Gasteiger partial charge in [-0.2, -0.15) is 0 Å². The van der Waals surface area contributed by atoms with Gasteiger partial charge in [-0.15, -0.1) is 11.3 Å². The summed E-state index contributed by atoms with van der Waals surface area (Å²) in [6, 6.07) is 6.55. The average molecular weight is 330 g/mol. The van der Waals surface area contributed by atoms with Crippen molar-refractivity contribution in [1.82, 2.24) is 9.88 Å². The van der Waals surface area contributed by atoms with Crippen molar-refractivity contribution in [2.24, 2.45) is 0 Å². The zero-order valence-corrected chi connectivity index (χ0v) is 13.7. The van der Waals surface area contributed by atoms with E-state index in [9.17, 15) is 14.7 Å². The van der Waals surface area contributed by atoms with Gasteiger partial charge < -0.3 is 10.0 Å². The number of carbonyl (C=O) groups is 2. The number of hydrogen-bond donors (Lipinski definition) is 1. The second kappa shape index (κ2) is 6.50. The number of carboxylic acids is 1. The van der Waals surface area contributed by atoms with Crippen LogP contribution >= 0.6 is 11.3 Å². The normalized spacial score (nSPS) is 18.0. The van der Waals surface area contributed by atoms with Crippen molar-refractivity contribution in [3.8, 4) is 10.6 Å². The summed E-state index contributed by atoms with van der Waals surface area (Å²) in [4.78, 5) is 30.1. The molecule has 1 amide bonds. The maximum atomic E-state index is 12.7.